The monoisotopic (exact) mass is 231 g/mol. The van der Waals surface area contributed by atoms with Crippen LogP contribution in [0.1, 0.15) is 20.3 Å². The second kappa shape index (κ2) is 4.80. The van der Waals surface area contributed by atoms with Gasteiger partial charge in [0, 0.05) is 10.9 Å². The number of rotatable bonds is 3. The molecule has 1 rings (SSSR count). The Morgan fingerprint density at radius 2 is 2.21 bits per heavy atom. The third-order valence-corrected chi connectivity index (χ3v) is 4.39. The molecule has 0 radical (unpaired) electrons. The van der Waals surface area contributed by atoms with Crippen molar-refractivity contribution >= 4 is 28.1 Å². The molecule has 0 saturated heterocycles. The minimum absolute atomic E-state index is 0.121. The van der Waals surface area contributed by atoms with E-state index in [0.717, 1.165) is 6.42 Å². The quantitative estimate of drug-likeness (QED) is 0.813. The highest BCUT2D eigenvalue weighted by molar-refractivity contribution is 7.85. The second-order valence-corrected chi connectivity index (χ2v) is 5.45. The molecule has 0 aliphatic carbocycles. The van der Waals surface area contributed by atoms with Gasteiger partial charge in [-0.3, -0.25) is 4.21 Å². The summed E-state index contributed by atoms with van der Waals surface area (Å²) in [6.07, 6.45) is 0.868. The summed E-state index contributed by atoms with van der Waals surface area (Å²) in [6.45, 7) is 3.95. The summed E-state index contributed by atoms with van der Waals surface area (Å²) in [5, 5.41) is 0.611. The van der Waals surface area contributed by atoms with Crippen LogP contribution in [0.4, 0.5) is 5.69 Å². The molecule has 2 unspecified atom stereocenters. The van der Waals surface area contributed by atoms with Gasteiger partial charge in [-0.15, -0.1) is 0 Å². The third kappa shape index (κ3) is 2.49. The first kappa shape index (κ1) is 11.5. The van der Waals surface area contributed by atoms with Gasteiger partial charge in [-0.2, -0.15) is 0 Å². The first-order chi connectivity index (χ1) is 6.56. The summed E-state index contributed by atoms with van der Waals surface area (Å²) in [5.41, 5.74) is 6.15. The Morgan fingerprint density at radius 1 is 1.57 bits per heavy atom. The highest BCUT2D eigenvalue weighted by Gasteiger charge is 2.14. The number of halogens is 1. The molecule has 0 saturated carbocycles. The predicted molar refractivity (Wildman–Crippen MR) is 62.0 cm³/mol. The van der Waals surface area contributed by atoms with Crippen LogP contribution >= 0.6 is 11.6 Å². The molecule has 14 heavy (non-hydrogen) atoms. The van der Waals surface area contributed by atoms with Crippen LogP contribution in [-0.2, 0) is 10.8 Å². The Morgan fingerprint density at radius 3 is 2.71 bits per heavy atom. The molecule has 1 aromatic carbocycles. The average molecular weight is 232 g/mol. The Bertz CT molecular complexity index is 354. The van der Waals surface area contributed by atoms with Crippen LogP contribution in [0.3, 0.4) is 0 Å². The zero-order chi connectivity index (χ0) is 10.7. The number of hydrogen-bond donors (Lipinski definition) is 1. The molecule has 0 fully saturated rings. The minimum Gasteiger partial charge on any atom is -0.399 e. The van der Waals surface area contributed by atoms with E-state index in [4.69, 9.17) is 17.3 Å². The Hall–Kier alpha value is -0.540. The van der Waals surface area contributed by atoms with Crippen LogP contribution in [0.5, 0.6) is 0 Å². The van der Waals surface area contributed by atoms with Crippen molar-refractivity contribution in [3.63, 3.8) is 0 Å². The minimum atomic E-state index is -1.04. The van der Waals surface area contributed by atoms with Crippen LogP contribution in [0.15, 0.2) is 23.1 Å². The molecule has 78 valence electrons. The van der Waals surface area contributed by atoms with Crippen LogP contribution < -0.4 is 5.73 Å². The van der Waals surface area contributed by atoms with Crippen LogP contribution in [-0.4, -0.2) is 9.46 Å². The largest absolute Gasteiger partial charge is 0.399 e. The fourth-order valence-corrected chi connectivity index (χ4v) is 2.66. The van der Waals surface area contributed by atoms with E-state index in [-0.39, 0.29) is 5.25 Å². The average Bonchev–Trinajstić information content (AvgIpc) is 2.15. The molecule has 0 amide bonds. The molecule has 1 aromatic rings. The van der Waals surface area contributed by atoms with Gasteiger partial charge < -0.3 is 5.73 Å². The van der Waals surface area contributed by atoms with Gasteiger partial charge in [0.05, 0.1) is 20.7 Å². The van der Waals surface area contributed by atoms with E-state index < -0.39 is 10.8 Å². The van der Waals surface area contributed by atoms with Gasteiger partial charge in [0.1, 0.15) is 0 Å². The van der Waals surface area contributed by atoms with Crippen molar-refractivity contribution in [2.24, 2.45) is 0 Å². The fourth-order valence-electron chi connectivity index (χ4n) is 1.05. The van der Waals surface area contributed by atoms with E-state index in [9.17, 15) is 4.21 Å². The van der Waals surface area contributed by atoms with Crippen molar-refractivity contribution in [1.29, 1.82) is 0 Å². The van der Waals surface area contributed by atoms with Crippen molar-refractivity contribution in [3.8, 4) is 0 Å². The molecule has 0 heterocycles. The van der Waals surface area contributed by atoms with Crippen molar-refractivity contribution in [3.05, 3.63) is 23.2 Å². The second-order valence-electron chi connectivity index (χ2n) is 3.21. The first-order valence-corrected chi connectivity index (χ1v) is 6.11. The molecule has 2 nitrogen and oxygen atoms in total. The lowest BCUT2D eigenvalue weighted by Gasteiger charge is -2.10. The lowest BCUT2D eigenvalue weighted by molar-refractivity contribution is 0.670. The van der Waals surface area contributed by atoms with Gasteiger partial charge in [-0.05, 0) is 24.6 Å². The van der Waals surface area contributed by atoms with Gasteiger partial charge in [0.2, 0.25) is 0 Å². The lowest BCUT2D eigenvalue weighted by atomic mass is 10.3. The van der Waals surface area contributed by atoms with Gasteiger partial charge in [-0.25, -0.2) is 0 Å². The summed E-state index contributed by atoms with van der Waals surface area (Å²) in [6, 6.07) is 5.10. The predicted octanol–water partition coefficient (Wildman–Crippen LogP) is 2.83. The van der Waals surface area contributed by atoms with Crippen molar-refractivity contribution in [2.75, 3.05) is 5.73 Å². The number of anilines is 1. The molecule has 2 atom stereocenters. The normalized spacial score (nSPS) is 15.1. The third-order valence-electron chi connectivity index (χ3n) is 2.11. The molecule has 0 aliphatic heterocycles. The zero-order valence-corrected chi connectivity index (χ0v) is 9.86. The van der Waals surface area contributed by atoms with Crippen LogP contribution in [0.25, 0.3) is 0 Å². The van der Waals surface area contributed by atoms with Crippen LogP contribution in [0, 0.1) is 0 Å². The van der Waals surface area contributed by atoms with Gasteiger partial charge in [0.25, 0.3) is 0 Å². The van der Waals surface area contributed by atoms with Gasteiger partial charge >= 0.3 is 0 Å². The maximum absolute atomic E-state index is 11.9. The zero-order valence-electron chi connectivity index (χ0n) is 8.29. The topological polar surface area (TPSA) is 43.1 Å². The summed E-state index contributed by atoms with van der Waals surface area (Å²) >= 11 is 5.95. The molecule has 0 aliphatic rings. The van der Waals surface area contributed by atoms with Crippen molar-refractivity contribution < 1.29 is 4.21 Å². The van der Waals surface area contributed by atoms with E-state index in [1.807, 2.05) is 13.8 Å². The molecule has 0 aromatic heterocycles. The summed E-state index contributed by atoms with van der Waals surface area (Å²) < 4.78 is 11.9. The van der Waals surface area contributed by atoms with E-state index in [0.29, 0.717) is 15.6 Å². The Balaban J connectivity index is 3.02. The SMILES string of the molecule is CCC(C)S(=O)c1ccc(N)cc1Cl. The van der Waals surface area contributed by atoms with Gasteiger partial charge in [-0.1, -0.05) is 25.4 Å². The van der Waals surface area contributed by atoms with E-state index in [1.165, 1.54) is 0 Å². The molecular weight excluding hydrogens is 218 g/mol. The molecular formula is C10H14ClNOS. The van der Waals surface area contributed by atoms with Crippen molar-refractivity contribution in [2.45, 2.75) is 30.4 Å². The van der Waals surface area contributed by atoms with E-state index in [2.05, 4.69) is 0 Å². The number of benzene rings is 1. The summed E-state index contributed by atoms with van der Waals surface area (Å²) in [5.74, 6) is 0. The van der Waals surface area contributed by atoms with Crippen molar-refractivity contribution in [1.82, 2.24) is 0 Å². The number of nitrogen functional groups attached to an aromatic ring is 1. The lowest BCUT2D eigenvalue weighted by Crippen LogP contribution is -2.09. The maximum Gasteiger partial charge on any atom is 0.0588 e. The highest BCUT2D eigenvalue weighted by Crippen LogP contribution is 2.24. The van der Waals surface area contributed by atoms with E-state index >= 15 is 0 Å². The standard InChI is InChI=1S/C10H14ClNOS/c1-3-7(2)14(13)10-5-4-8(12)6-9(10)11/h4-7H,3,12H2,1-2H3. The first-order valence-electron chi connectivity index (χ1n) is 4.51. The smallest absolute Gasteiger partial charge is 0.0588 e. The molecule has 0 spiro atoms. The Labute approximate surface area is 91.9 Å². The Kier molecular flexibility index (Phi) is 3.96. The van der Waals surface area contributed by atoms with E-state index in [1.54, 1.807) is 18.2 Å². The van der Waals surface area contributed by atoms with Gasteiger partial charge in [0.15, 0.2) is 0 Å². The van der Waals surface area contributed by atoms with Crippen LogP contribution in [0.2, 0.25) is 5.02 Å². The summed E-state index contributed by atoms with van der Waals surface area (Å²) in [7, 11) is -1.04. The summed E-state index contributed by atoms with van der Waals surface area (Å²) in [4.78, 5) is 0.676. The maximum atomic E-state index is 11.9. The number of nitrogens with two attached hydrogens (primary N) is 1. The molecule has 4 heteroatoms. The molecule has 2 N–H and O–H groups in total. The number of hydrogen-bond acceptors (Lipinski definition) is 2. The fraction of sp³-hybridized carbons (Fsp3) is 0.400. The highest BCUT2D eigenvalue weighted by atomic mass is 35.5. The molecule has 0 bridgehead atoms.